The first kappa shape index (κ1) is 14.1. The van der Waals surface area contributed by atoms with Crippen molar-refractivity contribution in [2.24, 2.45) is 0 Å². The number of pyridine rings is 1. The van der Waals surface area contributed by atoms with Crippen molar-refractivity contribution in [2.45, 2.75) is 19.4 Å². The van der Waals surface area contributed by atoms with E-state index in [0.717, 1.165) is 11.4 Å². The van der Waals surface area contributed by atoms with Gasteiger partial charge in [0, 0.05) is 18.0 Å². The van der Waals surface area contributed by atoms with Gasteiger partial charge in [0.05, 0.1) is 24.6 Å². The van der Waals surface area contributed by atoms with Gasteiger partial charge in [-0.1, -0.05) is 0 Å². The zero-order valence-corrected chi connectivity index (χ0v) is 11.6. The third-order valence-corrected chi connectivity index (χ3v) is 3.25. The van der Waals surface area contributed by atoms with E-state index < -0.39 is 5.60 Å². The third kappa shape index (κ3) is 4.44. The Kier molecular flexibility index (Phi) is 5.08. The van der Waals surface area contributed by atoms with E-state index >= 15 is 0 Å². The van der Waals surface area contributed by atoms with E-state index in [0.29, 0.717) is 18.0 Å². The maximum absolute atomic E-state index is 10.1. The Labute approximate surface area is 107 Å². The highest BCUT2D eigenvalue weighted by molar-refractivity contribution is 7.98. The molecular formula is C12H20N2O2S. The molecule has 96 valence electrons. The molecule has 1 unspecified atom stereocenters. The van der Waals surface area contributed by atoms with Crippen molar-refractivity contribution in [1.29, 1.82) is 0 Å². The molecule has 0 saturated heterocycles. The SMILES string of the molecule is COc1cnc(C)cc1NCC(C)(O)CSC. The maximum Gasteiger partial charge on any atom is 0.160 e. The first-order chi connectivity index (χ1) is 7.98. The Morgan fingerprint density at radius 3 is 2.88 bits per heavy atom. The molecule has 1 rings (SSSR count). The van der Waals surface area contributed by atoms with Gasteiger partial charge in [0.2, 0.25) is 0 Å². The Bertz CT molecular complexity index is 370. The smallest absolute Gasteiger partial charge is 0.160 e. The van der Waals surface area contributed by atoms with Crippen molar-refractivity contribution in [3.8, 4) is 5.75 Å². The molecule has 0 spiro atoms. The summed E-state index contributed by atoms with van der Waals surface area (Å²) in [5.41, 5.74) is 1.04. The van der Waals surface area contributed by atoms with Crippen LogP contribution in [-0.2, 0) is 0 Å². The van der Waals surface area contributed by atoms with Crippen LogP contribution in [0, 0.1) is 6.92 Å². The summed E-state index contributed by atoms with van der Waals surface area (Å²) < 4.78 is 5.21. The van der Waals surface area contributed by atoms with Gasteiger partial charge in [0.15, 0.2) is 5.75 Å². The minimum atomic E-state index is -0.735. The second-order valence-corrected chi connectivity index (χ2v) is 5.18. The van der Waals surface area contributed by atoms with Crippen LogP contribution in [0.3, 0.4) is 0 Å². The summed E-state index contributed by atoms with van der Waals surface area (Å²) in [5, 5.41) is 13.3. The summed E-state index contributed by atoms with van der Waals surface area (Å²) in [6.45, 7) is 4.22. The zero-order valence-electron chi connectivity index (χ0n) is 10.8. The second-order valence-electron chi connectivity index (χ2n) is 4.31. The predicted octanol–water partition coefficient (Wildman–Crippen LogP) is 1.92. The molecule has 1 aromatic heterocycles. The van der Waals surface area contributed by atoms with Crippen molar-refractivity contribution < 1.29 is 9.84 Å². The molecule has 0 aromatic carbocycles. The van der Waals surface area contributed by atoms with Crippen molar-refractivity contribution in [3.63, 3.8) is 0 Å². The lowest BCUT2D eigenvalue weighted by atomic mass is 10.1. The first-order valence-electron chi connectivity index (χ1n) is 5.44. The number of hydrogen-bond donors (Lipinski definition) is 2. The van der Waals surface area contributed by atoms with Crippen LogP contribution < -0.4 is 10.1 Å². The minimum absolute atomic E-state index is 0.480. The molecule has 4 nitrogen and oxygen atoms in total. The third-order valence-electron chi connectivity index (χ3n) is 2.34. The number of rotatable bonds is 6. The van der Waals surface area contributed by atoms with E-state index in [2.05, 4.69) is 10.3 Å². The standard InChI is InChI=1S/C12H20N2O2S/c1-9-5-10(11(16-3)6-13-9)14-7-12(2,15)8-17-4/h5-6,15H,7-8H2,1-4H3,(H,13,14). The van der Waals surface area contributed by atoms with E-state index in [-0.39, 0.29) is 0 Å². The molecule has 0 aliphatic carbocycles. The molecule has 0 radical (unpaired) electrons. The summed E-state index contributed by atoms with van der Waals surface area (Å²) in [7, 11) is 1.61. The number of nitrogens with one attached hydrogen (secondary N) is 1. The van der Waals surface area contributed by atoms with Crippen molar-refractivity contribution in [3.05, 3.63) is 18.0 Å². The molecule has 0 amide bonds. The predicted molar refractivity (Wildman–Crippen MR) is 73.0 cm³/mol. The molecule has 1 heterocycles. The molecule has 0 bridgehead atoms. The van der Waals surface area contributed by atoms with Gasteiger partial charge in [-0.15, -0.1) is 0 Å². The zero-order chi connectivity index (χ0) is 12.9. The molecule has 1 atom stereocenters. The number of hydrogen-bond acceptors (Lipinski definition) is 5. The summed E-state index contributed by atoms with van der Waals surface area (Å²) in [5.74, 6) is 1.38. The van der Waals surface area contributed by atoms with Gasteiger partial charge in [0.25, 0.3) is 0 Å². The number of ether oxygens (including phenoxy) is 1. The van der Waals surface area contributed by atoms with Crippen molar-refractivity contribution >= 4 is 17.4 Å². The van der Waals surface area contributed by atoms with Crippen LogP contribution in [0.5, 0.6) is 5.75 Å². The van der Waals surface area contributed by atoms with Crippen LogP contribution in [0.2, 0.25) is 0 Å². The Morgan fingerprint density at radius 1 is 1.59 bits per heavy atom. The fraction of sp³-hybridized carbons (Fsp3) is 0.583. The largest absolute Gasteiger partial charge is 0.493 e. The van der Waals surface area contributed by atoms with Crippen LogP contribution >= 0.6 is 11.8 Å². The van der Waals surface area contributed by atoms with Gasteiger partial charge in [-0.05, 0) is 26.2 Å². The van der Waals surface area contributed by atoms with E-state index in [4.69, 9.17) is 4.74 Å². The van der Waals surface area contributed by atoms with Crippen LogP contribution in [0.1, 0.15) is 12.6 Å². The Balaban J connectivity index is 2.71. The molecule has 0 aliphatic heterocycles. The van der Waals surface area contributed by atoms with E-state index in [1.807, 2.05) is 26.2 Å². The molecular weight excluding hydrogens is 236 g/mol. The van der Waals surface area contributed by atoms with Gasteiger partial charge < -0.3 is 15.2 Å². The van der Waals surface area contributed by atoms with Crippen LogP contribution in [0.4, 0.5) is 5.69 Å². The van der Waals surface area contributed by atoms with Gasteiger partial charge in [-0.3, -0.25) is 4.98 Å². The Morgan fingerprint density at radius 2 is 2.29 bits per heavy atom. The monoisotopic (exact) mass is 256 g/mol. The molecule has 0 aliphatic rings. The molecule has 1 aromatic rings. The lowest BCUT2D eigenvalue weighted by Gasteiger charge is -2.23. The summed E-state index contributed by atoms with van der Waals surface area (Å²) >= 11 is 1.62. The highest BCUT2D eigenvalue weighted by Crippen LogP contribution is 2.24. The topological polar surface area (TPSA) is 54.4 Å². The number of thioether (sulfide) groups is 1. The fourth-order valence-corrected chi connectivity index (χ4v) is 2.22. The van der Waals surface area contributed by atoms with Crippen molar-refractivity contribution in [2.75, 3.05) is 31.0 Å². The molecule has 5 heteroatoms. The van der Waals surface area contributed by atoms with Gasteiger partial charge in [0.1, 0.15) is 0 Å². The molecule has 17 heavy (non-hydrogen) atoms. The molecule has 0 fully saturated rings. The Hall–Kier alpha value is -0.940. The average Bonchev–Trinajstić information content (AvgIpc) is 2.27. The van der Waals surface area contributed by atoms with Crippen LogP contribution in [0.15, 0.2) is 12.3 Å². The lowest BCUT2D eigenvalue weighted by molar-refractivity contribution is 0.0996. The number of aliphatic hydroxyl groups is 1. The van der Waals surface area contributed by atoms with Crippen molar-refractivity contribution in [1.82, 2.24) is 4.98 Å². The summed E-state index contributed by atoms with van der Waals surface area (Å²) in [6, 6.07) is 1.91. The highest BCUT2D eigenvalue weighted by Gasteiger charge is 2.19. The van der Waals surface area contributed by atoms with Gasteiger partial charge >= 0.3 is 0 Å². The van der Waals surface area contributed by atoms with Gasteiger partial charge in [-0.25, -0.2) is 0 Å². The maximum atomic E-state index is 10.1. The average molecular weight is 256 g/mol. The summed E-state index contributed by atoms with van der Waals surface area (Å²) in [6.07, 6.45) is 3.66. The summed E-state index contributed by atoms with van der Waals surface area (Å²) in [4.78, 5) is 4.16. The lowest BCUT2D eigenvalue weighted by Crippen LogP contribution is -2.36. The first-order valence-corrected chi connectivity index (χ1v) is 6.84. The van der Waals surface area contributed by atoms with Crippen LogP contribution in [0.25, 0.3) is 0 Å². The highest BCUT2D eigenvalue weighted by atomic mass is 32.2. The minimum Gasteiger partial charge on any atom is -0.493 e. The van der Waals surface area contributed by atoms with E-state index in [1.165, 1.54) is 0 Å². The second kappa shape index (κ2) is 6.12. The normalized spacial score (nSPS) is 14.2. The quantitative estimate of drug-likeness (QED) is 0.814. The number of methoxy groups -OCH3 is 1. The molecule has 2 N–H and O–H groups in total. The van der Waals surface area contributed by atoms with Gasteiger partial charge in [-0.2, -0.15) is 11.8 Å². The van der Waals surface area contributed by atoms with E-state index in [1.54, 1.807) is 25.1 Å². The van der Waals surface area contributed by atoms with Crippen LogP contribution in [-0.4, -0.2) is 41.4 Å². The number of aromatic nitrogens is 1. The number of anilines is 1. The van der Waals surface area contributed by atoms with E-state index in [9.17, 15) is 5.11 Å². The molecule has 0 saturated carbocycles. The fourth-order valence-electron chi connectivity index (χ4n) is 1.50. The number of aryl methyl sites for hydroxylation is 1. The number of nitrogens with zero attached hydrogens (tertiary/aromatic N) is 1.